The van der Waals surface area contributed by atoms with Crippen molar-refractivity contribution in [2.24, 2.45) is 0 Å². The number of carbonyl (C=O) groups excluding carboxylic acids is 1. The predicted octanol–water partition coefficient (Wildman–Crippen LogP) is 4.78. The first-order valence-corrected chi connectivity index (χ1v) is 6.71. The first-order valence-electron chi connectivity index (χ1n) is 6.71. The lowest BCUT2D eigenvalue weighted by molar-refractivity contribution is -0.351. The summed E-state index contributed by atoms with van der Waals surface area (Å²) < 4.78 is 128. The number of hydrogen-bond donors (Lipinski definition) is 0. The number of alkyl halides is 10. The molecule has 0 N–H and O–H groups in total. The largest absolute Gasteiger partial charge is 0.459 e. The van der Waals surface area contributed by atoms with Gasteiger partial charge in [0.1, 0.15) is 6.42 Å². The van der Waals surface area contributed by atoms with Gasteiger partial charge in [0.2, 0.25) is 5.91 Å². The molecule has 0 aromatic heterocycles. The third-order valence-corrected chi connectivity index (χ3v) is 3.19. The van der Waals surface area contributed by atoms with Gasteiger partial charge in [-0.2, -0.15) is 49.2 Å². The second kappa shape index (κ2) is 7.24. The van der Waals surface area contributed by atoms with Gasteiger partial charge < -0.3 is 4.90 Å². The third kappa shape index (κ3) is 4.81. The maximum atomic E-state index is 13.6. The number of rotatable bonds is 5. The van der Waals surface area contributed by atoms with E-state index in [1.807, 2.05) is 0 Å². The van der Waals surface area contributed by atoms with E-state index >= 15 is 0 Å². The van der Waals surface area contributed by atoms with E-state index in [4.69, 9.17) is 5.26 Å². The van der Waals surface area contributed by atoms with Gasteiger partial charge in [-0.25, -0.2) is 0 Å². The molecule has 0 aliphatic carbocycles. The highest BCUT2D eigenvalue weighted by Crippen LogP contribution is 2.47. The highest BCUT2D eigenvalue weighted by molar-refractivity contribution is 5.94. The van der Waals surface area contributed by atoms with Gasteiger partial charge in [0.05, 0.1) is 18.2 Å². The SMILES string of the molecule is N#CCC(=O)N(CC(F)(F)C(F)(F)C(F)(F)F)c1cccc(C(F)(F)F)c1. The molecule has 0 heterocycles. The van der Waals surface area contributed by atoms with Crippen LogP contribution in [0.1, 0.15) is 12.0 Å². The highest BCUT2D eigenvalue weighted by Gasteiger charge is 2.73. The summed E-state index contributed by atoms with van der Waals surface area (Å²) in [5.41, 5.74) is -2.50. The number of halogens is 10. The molecule has 0 saturated heterocycles. The first kappa shape index (κ1) is 22.5. The summed E-state index contributed by atoms with van der Waals surface area (Å²) in [6, 6.07) is 2.96. The van der Waals surface area contributed by atoms with E-state index in [1.54, 1.807) is 0 Å². The summed E-state index contributed by atoms with van der Waals surface area (Å²) in [5, 5.41) is 8.41. The van der Waals surface area contributed by atoms with E-state index in [9.17, 15) is 48.7 Å². The Bertz CT molecular complexity index is 733. The molecule has 3 nitrogen and oxygen atoms in total. The quantitative estimate of drug-likeness (QED) is 0.656. The zero-order valence-corrected chi connectivity index (χ0v) is 12.8. The van der Waals surface area contributed by atoms with Crippen LogP contribution in [0.15, 0.2) is 24.3 Å². The monoisotopic (exact) mass is 410 g/mol. The second-order valence-corrected chi connectivity index (χ2v) is 5.14. The van der Waals surface area contributed by atoms with Crippen molar-refractivity contribution in [2.75, 3.05) is 11.4 Å². The highest BCUT2D eigenvalue weighted by atomic mass is 19.4. The van der Waals surface area contributed by atoms with Crippen LogP contribution in [0, 0.1) is 11.3 Å². The average Bonchev–Trinajstić information content (AvgIpc) is 2.51. The van der Waals surface area contributed by atoms with Crippen LogP contribution in [0.5, 0.6) is 0 Å². The van der Waals surface area contributed by atoms with Gasteiger partial charge in [0.15, 0.2) is 0 Å². The van der Waals surface area contributed by atoms with Crippen molar-refractivity contribution >= 4 is 11.6 Å². The normalized spacial score (nSPS) is 13.2. The second-order valence-electron chi connectivity index (χ2n) is 5.14. The van der Waals surface area contributed by atoms with Crippen molar-refractivity contribution in [2.45, 2.75) is 30.6 Å². The van der Waals surface area contributed by atoms with Crippen LogP contribution >= 0.6 is 0 Å². The van der Waals surface area contributed by atoms with E-state index in [1.165, 1.54) is 0 Å². The lowest BCUT2D eigenvalue weighted by Gasteiger charge is -2.32. The molecule has 27 heavy (non-hydrogen) atoms. The van der Waals surface area contributed by atoms with Gasteiger partial charge in [0.25, 0.3) is 0 Å². The number of anilines is 1. The maximum absolute atomic E-state index is 13.6. The molecule has 0 radical (unpaired) electrons. The molecule has 150 valence electrons. The van der Waals surface area contributed by atoms with Gasteiger partial charge in [-0.1, -0.05) is 6.07 Å². The Morgan fingerprint density at radius 1 is 1.00 bits per heavy atom. The minimum Gasteiger partial charge on any atom is -0.305 e. The Labute approximate surface area is 144 Å². The van der Waals surface area contributed by atoms with Crippen LogP contribution in [-0.2, 0) is 11.0 Å². The topological polar surface area (TPSA) is 44.1 Å². The summed E-state index contributed by atoms with van der Waals surface area (Å²) in [4.78, 5) is 11.3. The van der Waals surface area contributed by atoms with Crippen molar-refractivity contribution in [3.63, 3.8) is 0 Å². The Morgan fingerprint density at radius 3 is 2.00 bits per heavy atom. The molecular weight excluding hydrogens is 402 g/mol. The number of benzene rings is 1. The molecule has 0 unspecified atom stereocenters. The standard InChI is InChI=1S/C14H8F10N2O/c15-11(16,13(20,21)14(22,23)24)7-26(10(27)4-5-25)9-3-1-2-8(6-9)12(17,18)19/h1-3,6H,4,7H2. The molecule has 0 saturated carbocycles. The molecule has 0 aliphatic heterocycles. The summed E-state index contributed by atoms with van der Waals surface area (Å²) in [5.74, 6) is -14.1. The van der Waals surface area contributed by atoms with Gasteiger partial charge >= 0.3 is 24.2 Å². The number of nitriles is 1. The van der Waals surface area contributed by atoms with Crippen molar-refractivity contribution in [1.82, 2.24) is 0 Å². The van der Waals surface area contributed by atoms with E-state index in [-0.39, 0.29) is 6.07 Å². The van der Waals surface area contributed by atoms with Gasteiger partial charge in [0, 0.05) is 5.69 Å². The van der Waals surface area contributed by atoms with Crippen LogP contribution in [-0.4, -0.2) is 30.5 Å². The summed E-state index contributed by atoms with van der Waals surface area (Å²) >= 11 is 0. The lowest BCUT2D eigenvalue weighted by atomic mass is 10.1. The Kier molecular flexibility index (Phi) is 6.04. The van der Waals surface area contributed by atoms with Crippen LogP contribution in [0.2, 0.25) is 0 Å². The van der Waals surface area contributed by atoms with Crippen molar-refractivity contribution in [3.05, 3.63) is 29.8 Å². The van der Waals surface area contributed by atoms with E-state index in [2.05, 4.69) is 0 Å². The first-order chi connectivity index (χ1) is 12.0. The third-order valence-electron chi connectivity index (χ3n) is 3.19. The zero-order valence-electron chi connectivity index (χ0n) is 12.8. The number of hydrogen-bond acceptors (Lipinski definition) is 2. The zero-order chi connectivity index (χ0) is 21.3. The summed E-state index contributed by atoms with van der Waals surface area (Å²) in [6.07, 6.45) is -12.9. The fourth-order valence-corrected chi connectivity index (χ4v) is 1.84. The minimum atomic E-state index is -6.69. The van der Waals surface area contributed by atoms with Crippen molar-refractivity contribution in [3.8, 4) is 6.07 Å². The molecule has 0 aliphatic rings. The summed E-state index contributed by atoms with van der Waals surface area (Å²) in [6.45, 7) is -2.60. The molecule has 1 aromatic rings. The average molecular weight is 410 g/mol. The molecule has 0 atom stereocenters. The molecule has 13 heteroatoms. The smallest absolute Gasteiger partial charge is 0.305 e. The molecule has 0 fully saturated rings. The van der Waals surface area contributed by atoms with Gasteiger partial charge in [-0.05, 0) is 18.2 Å². The molecule has 1 aromatic carbocycles. The fraction of sp³-hybridized carbons (Fsp3) is 0.429. The number of amides is 1. The number of carbonyl (C=O) groups is 1. The predicted molar refractivity (Wildman–Crippen MR) is 70.0 cm³/mol. The maximum Gasteiger partial charge on any atom is 0.459 e. The molecule has 0 spiro atoms. The van der Waals surface area contributed by atoms with Gasteiger partial charge in [-0.3, -0.25) is 4.79 Å². The van der Waals surface area contributed by atoms with Crippen molar-refractivity contribution in [1.29, 1.82) is 5.26 Å². The molecule has 0 bridgehead atoms. The summed E-state index contributed by atoms with van der Waals surface area (Å²) in [7, 11) is 0. The van der Waals surface area contributed by atoms with Crippen LogP contribution in [0.25, 0.3) is 0 Å². The van der Waals surface area contributed by atoms with Crippen LogP contribution in [0.4, 0.5) is 49.6 Å². The molecule has 1 amide bonds. The van der Waals surface area contributed by atoms with E-state index < -0.39 is 59.2 Å². The van der Waals surface area contributed by atoms with Crippen LogP contribution < -0.4 is 4.90 Å². The molecule has 1 rings (SSSR count). The van der Waals surface area contributed by atoms with Crippen molar-refractivity contribution < 1.29 is 48.7 Å². The van der Waals surface area contributed by atoms with Crippen LogP contribution in [0.3, 0.4) is 0 Å². The van der Waals surface area contributed by atoms with E-state index in [0.29, 0.717) is 18.2 Å². The lowest BCUT2D eigenvalue weighted by Crippen LogP contribution is -2.57. The Balaban J connectivity index is 3.40. The molecular formula is C14H8F10N2O. The van der Waals surface area contributed by atoms with Gasteiger partial charge in [-0.15, -0.1) is 0 Å². The fourth-order valence-electron chi connectivity index (χ4n) is 1.84. The number of nitrogens with zero attached hydrogens (tertiary/aromatic N) is 2. The Morgan fingerprint density at radius 2 is 1.56 bits per heavy atom. The minimum absolute atomic E-state index is 0.108. The van der Waals surface area contributed by atoms with E-state index in [0.717, 1.165) is 6.07 Å². The Hall–Kier alpha value is -2.52.